The van der Waals surface area contributed by atoms with Crippen LogP contribution >= 0.6 is 0 Å². The highest BCUT2D eigenvalue weighted by molar-refractivity contribution is 7.89. The van der Waals surface area contributed by atoms with Crippen LogP contribution in [0.4, 0.5) is 0 Å². The number of nitrogens with zero attached hydrogens (tertiary/aromatic N) is 1. The lowest BCUT2D eigenvalue weighted by Gasteiger charge is -2.16. The van der Waals surface area contributed by atoms with Crippen molar-refractivity contribution in [2.45, 2.75) is 19.8 Å². The maximum absolute atomic E-state index is 11.5. The smallest absolute Gasteiger partial charge is 0.215 e. The van der Waals surface area contributed by atoms with Crippen molar-refractivity contribution in [3.8, 4) is 0 Å². The van der Waals surface area contributed by atoms with Gasteiger partial charge in [0.05, 0.1) is 5.75 Å². The van der Waals surface area contributed by atoms with E-state index in [2.05, 4.69) is 5.32 Å². The van der Waals surface area contributed by atoms with Crippen LogP contribution in [0.3, 0.4) is 0 Å². The quantitative estimate of drug-likeness (QED) is 0.653. The number of sulfonamides is 1. The van der Waals surface area contributed by atoms with Gasteiger partial charge in [0.1, 0.15) is 0 Å². The molecule has 0 saturated carbocycles. The molecule has 0 aliphatic rings. The zero-order valence-electron chi connectivity index (χ0n) is 8.71. The van der Waals surface area contributed by atoms with E-state index in [1.54, 1.807) is 14.1 Å². The van der Waals surface area contributed by atoms with E-state index in [0.717, 1.165) is 12.8 Å². The molecule has 0 spiro atoms. The summed E-state index contributed by atoms with van der Waals surface area (Å²) in [5.41, 5.74) is 0. The Morgan fingerprint density at radius 1 is 1.38 bits per heavy atom. The number of nitrogens with one attached hydrogen (secondary N) is 1. The van der Waals surface area contributed by atoms with E-state index in [-0.39, 0.29) is 5.75 Å². The van der Waals surface area contributed by atoms with Gasteiger partial charge in [-0.05, 0) is 13.5 Å². The molecule has 0 unspecified atom stereocenters. The topological polar surface area (TPSA) is 49.4 Å². The molecule has 0 radical (unpaired) electrons. The highest BCUT2D eigenvalue weighted by atomic mass is 32.2. The Morgan fingerprint density at radius 3 is 2.46 bits per heavy atom. The first kappa shape index (κ1) is 12.9. The first-order valence-corrected chi connectivity index (χ1v) is 6.24. The maximum Gasteiger partial charge on any atom is 0.215 e. The van der Waals surface area contributed by atoms with Crippen molar-refractivity contribution in [2.24, 2.45) is 0 Å². The molecule has 1 N–H and O–H groups in total. The molecule has 0 amide bonds. The van der Waals surface area contributed by atoms with Crippen LogP contribution in [-0.2, 0) is 10.0 Å². The number of hydrogen-bond acceptors (Lipinski definition) is 3. The molecular weight excluding hydrogens is 188 g/mol. The average Bonchev–Trinajstić information content (AvgIpc) is 2.10. The summed E-state index contributed by atoms with van der Waals surface area (Å²) in [6.45, 7) is 3.19. The average molecular weight is 208 g/mol. The summed E-state index contributed by atoms with van der Waals surface area (Å²) in [4.78, 5) is 0. The van der Waals surface area contributed by atoms with Crippen molar-refractivity contribution in [2.75, 3.05) is 32.9 Å². The summed E-state index contributed by atoms with van der Waals surface area (Å²) >= 11 is 0. The molecule has 0 aromatic rings. The first-order valence-electron chi connectivity index (χ1n) is 4.63. The van der Waals surface area contributed by atoms with Crippen LogP contribution in [0.15, 0.2) is 0 Å². The molecule has 0 atom stereocenters. The monoisotopic (exact) mass is 208 g/mol. The predicted molar refractivity (Wildman–Crippen MR) is 55.3 cm³/mol. The van der Waals surface area contributed by atoms with Crippen molar-refractivity contribution < 1.29 is 8.42 Å². The molecule has 0 aliphatic heterocycles. The van der Waals surface area contributed by atoms with Crippen LogP contribution in [-0.4, -0.2) is 45.7 Å². The second-order valence-corrected chi connectivity index (χ2v) is 5.29. The minimum absolute atomic E-state index is 0.184. The van der Waals surface area contributed by atoms with Crippen LogP contribution < -0.4 is 5.32 Å². The molecular formula is C8H20N2O2S. The second kappa shape index (κ2) is 6.34. The maximum atomic E-state index is 11.5. The van der Waals surface area contributed by atoms with Crippen LogP contribution in [0, 0.1) is 0 Å². The van der Waals surface area contributed by atoms with Crippen molar-refractivity contribution in [3.05, 3.63) is 0 Å². The zero-order chi connectivity index (χ0) is 10.3. The first-order chi connectivity index (χ1) is 6.04. The molecule has 0 aliphatic carbocycles. The van der Waals surface area contributed by atoms with Crippen molar-refractivity contribution in [3.63, 3.8) is 0 Å². The van der Waals surface area contributed by atoms with Crippen LogP contribution in [0.2, 0.25) is 0 Å². The van der Waals surface area contributed by atoms with Gasteiger partial charge >= 0.3 is 0 Å². The fraction of sp³-hybridized carbons (Fsp3) is 1.00. The summed E-state index contributed by atoms with van der Waals surface area (Å²) in [6, 6.07) is 0. The van der Waals surface area contributed by atoms with Gasteiger partial charge in [-0.25, -0.2) is 12.7 Å². The minimum atomic E-state index is -3.02. The third kappa shape index (κ3) is 5.23. The van der Waals surface area contributed by atoms with Gasteiger partial charge in [0.25, 0.3) is 0 Å². The minimum Gasteiger partial charge on any atom is -0.319 e. The van der Waals surface area contributed by atoms with Crippen molar-refractivity contribution in [1.82, 2.24) is 9.62 Å². The molecule has 0 aromatic heterocycles. The van der Waals surface area contributed by atoms with Gasteiger partial charge in [-0.3, -0.25) is 0 Å². The Bertz CT molecular complexity index is 214. The molecule has 0 saturated heterocycles. The molecule has 80 valence electrons. The van der Waals surface area contributed by atoms with Gasteiger partial charge in [0.15, 0.2) is 0 Å². The van der Waals surface area contributed by atoms with E-state index in [4.69, 9.17) is 0 Å². The molecule has 0 rings (SSSR count). The molecule has 0 fully saturated rings. The number of hydrogen-bond donors (Lipinski definition) is 1. The molecule has 0 bridgehead atoms. The van der Waals surface area contributed by atoms with Crippen molar-refractivity contribution >= 4 is 10.0 Å². The van der Waals surface area contributed by atoms with E-state index >= 15 is 0 Å². The van der Waals surface area contributed by atoms with E-state index < -0.39 is 10.0 Å². The van der Waals surface area contributed by atoms with E-state index in [1.165, 1.54) is 4.31 Å². The standard InChI is InChI=1S/C8H20N2O2S/c1-4-5-7-10(3)13(11,12)8-6-9-2/h9H,4-8H2,1-3H3. The molecule has 13 heavy (non-hydrogen) atoms. The Morgan fingerprint density at radius 2 is 2.00 bits per heavy atom. The summed E-state index contributed by atoms with van der Waals surface area (Å²) in [5, 5.41) is 2.83. The van der Waals surface area contributed by atoms with E-state index in [1.807, 2.05) is 6.92 Å². The van der Waals surface area contributed by atoms with Crippen LogP contribution in [0.1, 0.15) is 19.8 Å². The third-order valence-electron chi connectivity index (χ3n) is 1.91. The summed E-state index contributed by atoms with van der Waals surface area (Å²) < 4.78 is 24.4. The highest BCUT2D eigenvalue weighted by Gasteiger charge is 2.15. The van der Waals surface area contributed by atoms with Gasteiger partial charge in [-0.15, -0.1) is 0 Å². The lowest BCUT2D eigenvalue weighted by molar-refractivity contribution is 0.458. The Balaban J connectivity index is 3.96. The van der Waals surface area contributed by atoms with Gasteiger partial charge in [0, 0.05) is 20.1 Å². The van der Waals surface area contributed by atoms with Gasteiger partial charge < -0.3 is 5.32 Å². The molecule has 0 aromatic carbocycles. The normalized spacial score (nSPS) is 12.3. The van der Waals surface area contributed by atoms with E-state index in [9.17, 15) is 8.42 Å². The summed E-state index contributed by atoms with van der Waals surface area (Å²) in [7, 11) is 0.367. The zero-order valence-corrected chi connectivity index (χ0v) is 9.52. The lowest BCUT2D eigenvalue weighted by Crippen LogP contribution is -2.33. The Labute approximate surface area is 81.4 Å². The Kier molecular flexibility index (Phi) is 6.28. The lowest BCUT2D eigenvalue weighted by atomic mass is 10.3. The molecule has 5 heteroatoms. The van der Waals surface area contributed by atoms with Gasteiger partial charge in [-0.1, -0.05) is 13.3 Å². The SMILES string of the molecule is CCCCN(C)S(=O)(=O)CCNC. The number of rotatable bonds is 7. The van der Waals surface area contributed by atoms with Gasteiger partial charge in [-0.2, -0.15) is 0 Å². The fourth-order valence-electron chi connectivity index (χ4n) is 0.907. The Hall–Kier alpha value is -0.130. The fourth-order valence-corrected chi connectivity index (χ4v) is 2.09. The predicted octanol–water partition coefficient (Wildman–Crippen LogP) is 0.268. The third-order valence-corrected chi connectivity index (χ3v) is 3.76. The largest absolute Gasteiger partial charge is 0.319 e. The van der Waals surface area contributed by atoms with Gasteiger partial charge in [0.2, 0.25) is 10.0 Å². The number of unbranched alkanes of at least 4 members (excludes halogenated alkanes) is 1. The van der Waals surface area contributed by atoms with Crippen molar-refractivity contribution in [1.29, 1.82) is 0 Å². The van der Waals surface area contributed by atoms with Crippen LogP contribution in [0.25, 0.3) is 0 Å². The van der Waals surface area contributed by atoms with E-state index in [0.29, 0.717) is 13.1 Å². The second-order valence-electron chi connectivity index (χ2n) is 3.09. The summed E-state index contributed by atoms with van der Waals surface area (Å²) in [5.74, 6) is 0.184. The van der Waals surface area contributed by atoms with Crippen LogP contribution in [0.5, 0.6) is 0 Å². The molecule has 4 nitrogen and oxygen atoms in total. The highest BCUT2D eigenvalue weighted by Crippen LogP contribution is 2.00. The molecule has 0 heterocycles. The summed E-state index contributed by atoms with van der Waals surface area (Å²) in [6.07, 6.45) is 1.95.